The van der Waals surface area contributed by atoms with Gasteiger partial charge < -0.3 is 14.1 Å². The molecule has 166 valence electrons. The van der Waals surface area contributed by atoms with E-state index < -0.39 is 0 Å². The molecule has 4 rings (SSSR count). The van der Waals surface area contributed by atoms with Crippen molar-refractivity contribution in [3.63, 3.8) is 0 Å². The van der Waals surface area contributed by atoms with Crippen LogP contribution in [0.1, 0.15) is 37.0 Å². The molecule has 2 aromatic rings. The summed E-state index contributed by atoms with van der Waals surface area (Å²) in [6.07, 6.45) is 4.12. The SMILES string of the molecule is O=C(CCSCc1ccco1)NNC(=O)N1Cc2ccccc2OC2CC[C@@H](Cl)CC21. The maximum atomic E-state index is 13.0. The van der Waals surface area contributed by atoms with E-state index in [1.165, 1.54) is 0 Å². The topological polar surface area (TPSA) is 83.8 Å². The molecule has 31 heavy (non-hydrogen) atoms. The third-order valence-electron chi connectivity index (χ3n) is 5.55. The molecule has 1 fully saturated rings. The summed E-state index contributed by atoms with van der Waals surface area (Å²) in [6.45, 7) is 0.404. The molecule has 1 aliphatic carbocycles. The number of amides is 3. The van der Waals surface area contributed by atoms with E-state index in [4.69, 9.17) is 20.8 Å². The molecule has 3 atom stereocenters. The van der Waals surface area contributed by atoms with Gasteiger partial charge in [0.05, 0.1) is 24.6 Å². The van der Waals surface area contributed by atoms with Crippen molar-refractivity contribution in [2.24, 2.45) is 0 Å². The fraction of sp³-hybridized carbons (Fsp3) is 0.455. The lowest BCUT2D eigenvalue weighted by molar-refractivity contribution is -0.121. The van der Waals surface area contributed by atoms with Crippen molar-refractivity contribution in [2.45, 2.75) is 55.5 Å². The second-order valence-corrected chi connectivity index (χ2v) is 9.45. The van der Waals surface area contributed by atoms with Crippen LogP contribution in [0.5, 0.6) is 5.75 Å². The minimum absolute atomic E-state index is 0.00198. The van der Waals surface area contributed by atoms with E-state index in [1.807, 2.05) is 36.4 Å². The summed E-state index contributed by atoms with van der Waals surface area (Å²) < 4.78 is 11.5. The van der Waals surface area contributed by atoms with Gasteiger partial charge in [-0.05, 0) is 37.5 Å². The van der Waals surface area contributed by atoms with Crippen LogP contribution in [-0.4, -0.2) is 40.1 Å². The number of furan rings is 1. The Morgan fingerprint density at radius 1 is 1.16 bits per heavy atom. The van der Waals surface area contributed by atoms with E-state index in [0.717, 1.165) is 29.9 Å². The van der Waals surface area contributed by atoms with Crippen LogP contribution in [0.4, 0.5) is 4.79 Å². The summed E-state index contributed by atoms with van der Waals surface area (Å²) >= 11 is 8.02. The maximum Gasteiger partial charge on any atom is 0.336 e. The van der Waals surface area contributed by atoms with Crippen LogP contribution < -0.4 is 15.6 Å². The van der Waals surface area contributed by atoms with Gasteiger partial charge in [-0.2, -0.15) is 11.8 Å². The number of fused-ring (bicyclic) bond motifs is 2. The van der Waals surface area contributed by atoms with Crippen LogP contribution in [0.25, 0.3) is 0 Å². The summed E-state index contributed by atoms with van der Waals surface area (Å²) in [5, 5.41) is 0.00198. The van der Waals surface area contributed by atoms with Crippen molar-refractivity contribution in [1.82, 2.24) is 15.8 Å². The van der Waals surface area contributed by atoms with E-state index in [2.05, 4.69) is 10.9 Å². The molecule has 2 unspecified atom stereocenters. The first-order valence-corrected chi connectivity index (χ1v) is 12.0. The summed E-state index contributed by atoms with van der Waals surface area (Å²) in [6, 6.07) is 11.0. The molecule has 2 heterocycles. The molecule has 7 nitrogen and oxygen atoms in total. The van der Waals surface area contributed by atoms with Crippen LogP contribution in [0.3, 0.4) is 0 Å². The third kappa shape index (κ3) is 5.68. The van der Waals surface area contributed by atoms with Gasteiger partial charge in [-0.25, -0.2) is 10.2 Å². The van der Waals surface area contributed by atoms with Gasteiger partial charge in [0.25, 0.3) is 0 Å². The number of ether oxygens (including phenoxy) is 1. The number of nitrogens with zero attached hydrogens (tertiary/aromatic N) is 1. The molecule has 1 aromatic carbocycles. The Morgan fingerprint density at radius 3 is 2.87 bits per heavy atom. The van der Waals surface area contributed by atoms with E-state index in [9.17, 15) is 9.59 Å². The van der Waals surface area contributed by atoms with Gasteiger partial charge in [0.15, 0.2) is 0 Å². The Balaban J connectivity index is 1.31. The molecule has 0 bridgehead atoms. The van der Waals surface area contributed by atoms with Crippen molar-refractivity contribution < 1.29 is 18.7 Å². The molecule has 9 heteroatoms. The van der Waals surface area contributed by atoms with E-state index >= 15 is 0 Å². The second kappa shape index (κ2) is 10.3. The van der Waals surface area contributed by atoms with Crippen LogP contribution in [-0.2, 0) is 17.1 Å². The first-order chi connectivity index (χ1) is 15.1. The fourth-order valence-corrected chi connectivity index (χ4v) is 5.11. The number of hydrogen-bond donors (Lipinski definition) is 2. The Labute approximate surface area is 190 Å². The fourth-order valence-electron chi connectivity index (χ4n) is 3.96. The normalized spacial score (nSPS) is 22.5. The lowest BCUT2D eigenvalue weighted by atomic mass is 9.91. The van der Waals surface area contributed by atoms with Crippen LogP contribution in [0, 0.1) is 0 Å². The number of thioether (sulfide) groups is 1. The molecule has 1 aliphatic heterocycles. The zero-order chi connectivity index (χ0) is 21.6. The standard InChI is InChI=1S/C22H26ClN3O4S/c23-16-7-8-20-18(12-16)26(13-15-4-1-2-6-19(15)30-20)22(28)25-24-21(27)9-11-31-14-17-5-3-10-29-17/h1-6,10,16,18,20H,7-9,11-14H2,(H,24,27)(H,25,28)/t16-,18?,20?/m1/s1. The summed E-state index contributed by atoms with van der Waals surface area (Å²) in [5.74, 6) is 2.79. The molecule has 0 spiro atoms. The van der Waals surface area contributed by atoms with Crippen molar-refractivity contribution >= 4 is 35.3 Å². The quantitative estimate of drug-likeness (QED) is 0.397. The van der Waals surface area contributed by atoms with E-state index in [-0.39, 0.29) is 29.5 Å². The number of alkyl halides is 1. The predicted molar refractivity (Wildman–Crippen MR) is 120 cm³/mol. The molecular weight excluding hydrogens is 438 g/mol. The molecule has 0 radical (unpaired) electrons. The zero-order valence-electron chi connectivity index (χ0n) is 17.1. The predicted octanol–water partition coefficient (Wildman–Crippen LogP) is 4.07. The average molecular weight is 464 g/mol. The van der Waals surface area contributed by atoms with Crippen LogP contribution >= 0.6 is 23.4 Å². The van der Waals surface area contributed by atoms with Gasteiger partial charge in [-0.1, -0.05) is 18.2 Å². The molecule has 1 aromatic heterocycles. The average Bonchev–Trinajstić information content (AvgIpc) is 3.23. The zero-order valence-corrected chi connectivity index (χ0v) is 18.7. The van der Waals surface area contributed by atoms with Crippen molar-refractivity contribution in [1.29, 1.82) is 0 Å². The van der Waals surface area contributed by atoms with Crippen molar-refractivity contribution in [3.8, 4) is 5.75 Å². The third-order valence-corrected chi connectivity index (χ3v) is 6.93. The first kappa shape index (κ1) is 21.9. The number of hydrazine groups is 1. The maximum absolute atomic E-state index is 13.0. The van der Waals surface area contributed by atoms with E-state index in [1.54, 1.807) is 22.9 Å². The van der Waals surface area contributed by atoms with Crippen LogP contribution in [0.15, 0.2) is 47.1 Å². The molecular formula is C22H26ClN3O4S. The largest absolute Gasteiger partial charge is 0.488 e. The van der Waals surface area contributed by atoms with Gasteiger partial charge >= 0.3 is 6.03 Å². The molecule has 1 saturated carbocycles. The highest BCUT2D eigenvalue weighted by Gasteiger charge is 2.40. The lowest BCUT2D eigenvalue weighted by Crippen LogP contribution is -2.56. The van der Waals surface area contributed by atoms with Gasteiger partial charge in [0, 0.05) is 23.1 Å². The minimum atomic E-state index is -0.349. The Morgan fingerprint density at radius 2 is 2.03 bits per heavy atom. The Hall–Kier alpha value is -2.32. The smallest absolute Gasteiger partial charge is 0.336 e. The van der Waals surface area contributed by atoms with Gasteiger partial charge in [0.2, 0.25) is 5.91 Å². The van der Waals surface area contributed by atoms with Crippen molar-refractivity contribution in [3.05, 3.63) is 54.0 Å². The van der Waals surface area contributed by atoms with Crippen LogP contribution in [0.2, 0.25) is 0 Å². The number of nitrogens with one attached hydrogen (secondary N) is 2. The number of halogens is 1. The monoisotopic (exact) mass is 463 g/mol. The second-order valence-electron chi connectivity index (χ2n) is 7.73. The molecule has 2 N–H and O–H groups in total. The van der Waals surface area contributed by atoms with Gasteiger partial charge in [-0.15, -0.1) is 11.6 Å². The number of carbonyl (C=O) groups is 2. The summed E-state index contributed by atoms with van der Waals surface area (Å²) in [4.78, 5) is 26.9. The summed E-state index contributed by atoms with van der Waals surface area (Å²) in [5.41, 5.74) is 6.05. The highest BCUT2D eigenvalue weighted by Crippen LogP contribution is 2.35. The minimum Gasteiger partial charge on any atom is -0.488 e. The number of urea groups is 1. The highest BCUT2D eigenvalue weighted by atomic mass is 35.5. The van der Waals surface area contributed by atoms with E-state index in [0.29, 0.717) is 30.9 Å². The number of rotatable bonds is 5. The molecule has 2 aliphatic rings. The molecule has 3 amide bonds. The number of hydrogen-bond acceptors (Lipinski definition) is 5. The first-order valence-electron chi connectivity index (χ1n) is 10.4. The lowest BCUT2D eigenvalue weighted by Gasteiger charge is -2.38. The van der Waals surface area contributed by atoms with Crippen molar-refractivity contribution in [2.75, 3.05) is 5.75 Å². The number of para-hydroxylation sites is 1. The summed E-state index contributed by atoms with van der Waals surface area (Å²) in [7, 11) is 0. The molecule has 0 saturated heterocycles. The Kier molecular flexibility index (Phi) is 7.29. The number of carbonyl (C=O) groups excluding carboxylic acids is 2. The van der Waals surface area contributed by atoms with Gasteiger partial charge in [0.1, 0.15) is 17.6 Å². The Bertz CT molecular complexity index is 895. The number of benzene rings is 1. The van der Waals surface area contributed by atoms with Gasteiger partial charge in [-0.3, -0.25) is 10.2 Å². The highest BCUT2D eigenvalue weighted by molar-refractivity contribution is 7.98.